The molecular weight excluding hydrogens is 178 g/mol. The number of hydrogen-bond donors (Lipinski definition) is 1. The monoisotopic (exact) mass is 191 g/mol. The molecule has 0 aromatic carbocycles. The summed E-state index contributed by atoms with van der Waals surface area (Å²) < 4.78 is 4.86. The molecular formula is C8H14ClNO2. The summed E-state index contributed by atoms with van der Waals surface area (Å²) in [6, 6.07) is 0. The van der Waals surface area contributed by atoms with Crippen LogP contribution in [-0.4, -0.2) is 19.1 Å². The van der Waals surface area contributed by atoms with Gasteiger partial charge in [0.2, 0.25) is 0 Å². The van der Waals surface area contributed by atoms with Crippen LogP contribution < -0.4 is 5.32 Å². The highest BCUT2D eigenvalue weighted by Crippen LogP contribution is 2.09. The summed E-state index contributed by atoms with van der Waals surface area (Å²) in [5, 5.41) is 3.02. The second kappa shape index (κ2) is 5.89. The third-order valence-corrected chi connectivity index (χ3v) is 1.64. The van der Waals surface area contributed by atoms with E-state index in [2.05, 4.69) is 5.32 Å². The average molecular weight is 192 g/mol. The minimum absolute atomic E-state index is 0. The van der Waals surface area contributed by atoms with E-state index >= 15 is 0 Å². The van der Waals surface area contributed by atoms with E-state index in [4.69, 9.17) is 4.74 Å². The van der Waals surface area contributed by atoms with Gasteiger partial charge in [-0.1, -0.05) is 6.08 Å². The number of ether oxygens (including phenoxy) is 1. The highest BCUT2D eigenvalue weighted by atomic mass is 35.5. The first-order valence-electron chi connectivity index (χ1n) is 3.91. The Kier molecular flexibility index (Phi) is 5.54. The van der Waals surface area contributed by atoms with Crippen molar-refractivity contribution in [1.29, 1.82) is 0 Å². The van der Waals surface area contributed by atoms with E-state index in [1.165, 1.54) is 0 Å². The second-order valence-electron chi connectivity index (χ2n) is 2.46. The van der Waals surface area contributed by atoms with Crippen LogP contribution in [0.1, 0.15) is 13.3 Å². The molecule has 0 saturated carbocycles. The third-order valence-electron chi connectivity index (χ3n) is 1.64. The molecule has 1 aliphatic rings. The molecule has 1 heterocycles. The van der Waals surface area contributed by atoms with Crippen LogP contribution in [0.15, 0.2) is 12.3 Å². The largest absolute Gasteiger partial charge is 0.466 e. The van der Waals surface area contributed by atoms with Crippen LogP contribution in [0, 0.1) is 5.92 Å². The van der Waals surface area contributed by atoms with Crippen molar-refractivity contribution in [3.63, 3.8) is 0 Å². The summed E-state index contributed by atoms with van der Waals surface area (Å²) in [6.45, 7) is 3.15. The maximum absolute atomic E-state index is 11.1. The molecule has 3 nitrogen and oxygen atoms in total. The van der Waals surface area contributed by atoms with Crippen molar-refractivity contribution in [3.05, 3.63) is 12.3 Å². The maximum Gasteiger partial charge on any atom is 0.312 e. The summed E-state index contributed by atoms with van der Waals surface area (Å²) in [7, 11) is 0. The number of carbonyl (C=O) groups is 1. The van der Waals surface area contributed by atoms with Gasteiger partial charge in [0.05, 0.1) is 12.5 Å². The molecule has 0 bridgehead atoms. The zero-order chi connectivity index (χ0) is 8.10. The van der Waals surface area contributed by atoms with Gasteiger partial charge in [-0.15, -0.1) is 12.4 Å². The lowest BCUT2D eigenvalue weighted by Crippen LogP contribution is -2.24. The highest BCUT2D eigenvalue weighted by Gasteiger charge is 2.17. The van der Waals surface area contributed by atoms with Crippen molar-refractivity contribution >= 4 is 18.4 Å². The fourth-order valence-corrected chi connectivity index (χ4v) is 1.05. The second-order valence-corrected chi connectivity index (χ2v) is 2.46. The minimum atomic E-state index is -0.106. The first kappa shape index (κ1) is 11.3. The Morgan fingerprint density at radius 1 is 1.75 bits per heavy atom. The molecule has 1 aliphatic heterocycles. The zero-order valence-electron chi connectivity index (χ0n) is 7.08. The van der Waals surface area contributed by atoms with Crippen LogP contribution in [0.3, 0.4) is 0 Å². The summed E-state index contributed by atoms with van der Waals surface area (Å²) in [5.74, 6) is -0.138. The van der Waals surface area contributed by atoms with Gasteiger partial charge in [-0.25, -0.2) is 0 Å². The Labute approximate surface area is 78.6 Å². The minimum Gasteiger partial charge on any atom is -0.466 e. The molecule has 0 fully saturated rings. The molecule has 0 spiro atoms. The van der Waals surface area contributed by atoms with Gasteiger partial charge in [0.25, 0.3) is 0 Å². The number of esters is 1. The summed E-state index contributed by atoms with van der Waals surface area (Å²) in [5.41, 5.74) is 0. The van der Waals surface area contributed by atoms with Gasteiger partial charge in [0.1, 0.15) is 0 Å². The Morgan fingerprint density at radius 2 is 2.50 bits per heavy atom. The highest BCUT2D eigenvalue weighted by molar-refractivity contribution is 5.85. The molecule has 0 aliphatic carbocycles. The van der Waals surface area contributed by atoms with Crippen LogP contribution in [0.5, 0.6) is 0 Å². The van der Waals surface area contributed by atoms with E-state index in [1.807, 2.05) is 19.2 Å². The summed E-state index contributed by atoms with van der Waals surface area (Å²) in [4.78, 5) is 11.1. The molecule has 0 amide bonds. The smallest absolute Gasteiger partial charge is 0.312 e. The predicted molar refractivity (Wildman–Crippen MR) is 49.1 cm³/mol. The molecule has 0 saturated heterocycles. The van der Waals surface area contributed by atoms with Gasteiger partial charge in [0, 0.05) is 6.54 Å². The van der Waals surface area contributed by atoms with E-state index in [0.29, 0.717) is 6.61 Å². The first-order valence-corrected chi connectivity index (χ1v) is 3.91. The van der Waals surface area contributed by atoms with Crippen molar-refractivity contribution in [2.24, 2.45) is 5.92 Å². The van der Waals surface area contributed by atoms with Crippen LogP contribution in [0.2, 0.25) is 0 Å². The van der Waals surface area contributed by atoms with E-state index in [-0.39, 0.29) is 24.3 Å². The Balaban J connectivity index is 0.00000121. The van der Waals surface area contributed by atoms with Crippen molar-refractivity contribution in [2.45, 2.75) is 13.3 Å². The van der Waals surface area contributed by atoms with E-state index in [9.17, 15) is 4.79 Å². The zero-order valence-corrected chi connectivity index (χ0v) is 7.89. The molecule has 1 unspecified atom stereocenters. The van der Waals surface area contributed by atoms with E-state index < -0.39 is 0 Å². The summed E-state index contributed by atoms with van der Waals surface area (Å²) >= 11 is 0. The van der Waals surface area contributed by atoms with Crippen molar-refractivity contribution in [1.82, 2.24) is 5.32 Å². The number of hydrogen-bond acceptors (Lipinski definition) is 3. The lowest BCUT2D eigenvalue weighted by Gasteiger charge is -2.15. The van der Waals surface area contributed by atoms with Gasteiger partial charge >= 0.3 is 5.97 Å². The Morgan fingerprint density at radius 3 is 3.00 bits per heavy atom. The van der Waals surface area contributed by atoms with Crippen LogP contribution in [0.25, 0.3) is 0 Å². The number of carbonyl (C=O) groups excluding carboxylic acids is 1. The molecule has 0 radical (unpaired) electrons. The SMILES string of the molecule is CCOC(=O)C1C=CNCC1.Cl. The van der Waals surface area contributed by atoms with E-state index in [0.717, 1.165) is 13.0 Å². The fraction of sp³-hybridized carbons (Fsp3) is 0.625. The molecule has 4 heteroatoms. The first-order chi connectivity index (χ1) is 5.34. The lowest BCUT2D eigenvalue weighted by molar-refractivity contribution is -0.146. The topological polar surface area (TPSA) is 38.3 Å². The molecule has 1 N–H and O–H groups in total. The average Bonchev–Trinajstić information content (AvgIpc) is 2.07. The third kappa shape index (κ3) is 3.13. The normalized spacial score (nSPS) is 20.6. The predicted octanol–water partition coefficient (Wildman–Crippen LogP) is 1.09. The molecule has 1 rings (SSSR count). The lowest BCUT2D eigenvalue weighted by atomic mass is 10.0. The Bertz CT molecular complexity index is 170. The van der Waals surface area contributed by atoms with Gasteiger partial charge in [-0.3, -0.25) is 4.79 Å². The van der Waals surface area contributed by atoms with Crippen molar-refractivity contribution < 1.29 is 9.53 Å². The number of halogens is 1. The van der Waals surface area contributed by atoms with Gasteiger partial charge in [0.15, 0.2) is 0 Å². The maximum atomic E-state index is 11.1. The van der Waals surface area contributed by atoms with Crippen molar-refractivity contribution in [3.8, 4) is 0 Å². The quantitative estimate of drug-likeness (QED) is 0.665. The standard InChI is InChI=1S/C8H13NO2.ClH/c1-2-11-8(10)7-3-5-9-6-4-7;/h3,5,7,9H,2,4,6H2,1H3;1H. The van der Waals surface area contributed by atoms with Crippen LogP contribution >= 0.6 is 12.4 Å². The fourth-order valence-electron chi connectivity index (χ4n) is 1.05. The van der Waals surface area contributed by atoms with Crippen molar-refractivity contribution in [2.75, 3.05) is 13.2 Å². The molecule has 0 aromatic rings. The molecule has 1 atom stereocenters. The van der Waals surface area contributed by atoms with E-state index in [1.54, 1.807) is 0 Å². The molecule has 70 valence electrons. The van der Waals surface area contributed by atoms with Crippen LogP contribution in [0.4, 0.5) is 0 Å². The van der Waals surface area contributed by atoms with Gasteiger partial charge in [-0.2, -0.15) is 0 Å². The van der Waals surface area contributed by atoms with Gasteiger partial charge < -0.3 is 10.1 Å². The molecule has 0 aromatic heterocycles. The van der Waals surface area contributed by atoms with Crippen LogP contribution in [-0.2, 0) is 9.53 Å². The number of rotatable bonds is 2. The van der Waals surface area contributed by atoms with Gasteiger partial charge in [-0.05, 0) is 19.5 Å². The molecule has 12 heavy (non-hydrogen) atoms. The number of nitrogens with one attached hydrogen (secondary N) is 1. The summed E-state index contributed by atoms with van der Waals surface area (Å²) in [6.07, 6.45) is 4.50. The Hall–Kier alpha value is -0.700.